The Bertz CT molecular complexity index is 20.8. The molecule has 4 heteroatoms. The van der Waals surface area contributed by atoms with Crippen molar-refractivity contribution in [1.29, 1.82) is 0 Å². The van der Waals surface area contributed by atoms with Crippen molar-refractivity contribution in [3.8, 4) is 0 Å². The fourth-order valence-corrected chi connectivity index (χ4v) is 0.204. The highest BCUT2D eigenvalue weighted by Crippen LogP contribution is 1.39. The van der Waals surface area contributed by atoms with E-state index >= 15 is 0 Å². The van der Waals surface area contributed by atoms with E-state index in [-0.39, 0.29) is 0 Å². The average molecular weight is 86.9 g/mol. The number of nitrogens with one attached hydrogen (secondary N) is 1. The van der Waals surface area contributed by atoms with Crippen molar-refractivity contribution in [3.05, 3.63) is 0 Å². The van der Waals surface area contributed by atoms with Gasteiger partial charge in [0.05, 0.1) is 0 Å². The zero-order valence-electron chi connectivity index (χ0n) is 3.78. The summed E-state index contributed by atoms with van der Waals surface area (Å²) in [4.78, 5) is 0. The Morgan fingerprint density at radius 1 is 1.67 bits per heavy atom. The molecule has 0 aromatic heterocycles. The number of hydrogen-bond donors (Lipinski definition) is 3. The molecule has 0 fully saturated rings. The van der Waals surface area contributed by atoms with Crippen LogP contribution in [-0.4, -0.2) is 20.6 Å². The highest BCUT2D eigenvalue weighted by Gasteiger charge is 1.74. The topological polar surface area (TPSA) is 64.1 Å². The van der Waals surface area contributed by atoms with E-state index in [1.54, 1.807) is 0 Å². The fraction of sp³-hybridized carbons (Fsp3) is 1.00. The van der Waals surface area contributed by atoms with Crippen molar-refractivity contribution in [1.82, 2.24) is 5.23 Å². The number of nitrogens with two attached hydrogens (primary N) is 2. The molecule has 0 radical (unpaired) electrons. The van der Waals surface area contributed by atoms with Crippen LogP contribution in [0.2, 0.25) is 0 Å². The molecule has 0 saturated heterocycles. The van der Waals surface area contributed by atoms with Crippen molar-refractivity contribution in [2.24, 2.45) is 11.4 Å². The molecule has 0 heterocycles. The summed E-state index contributed by atoms with van der Waals surface area (Å²) in [6.45, 7) is 1.48. The van der Waals surface area contributed by atoms with Gasteiger partial charge in [0.25, 0.3) is 7.55 Å². The molecule has 0 aliphatic carbocycles. The van der Waals surface area contributed by atoms with Gasteiger partial charge in [-0.3, -0.25) is 0 Å². The van der Waals surface area contributed by atoms with Gasteiger partial charge in [0.1, 0.15) is 0 Å². The minimum absolute atomic E-state index is 0.525. The Balaban J connectivity index is 2.34. The van der Waals surface area contributed by atoms with Crippen LogP contribution in [0.1, 0.15) is 0 Å². The van der Waals surface area contributed by atoms with Gasteiger partial charge in [0.2, 0.25) is 0 Å². The normalized spacial score (nSPS) is 8.33. The first kappa shape index (κ1) is 5.94. The highest BCUT2D eigenvalue weighted by atomic mass is 14.8. The molecular weight excluding hydrogens is 76.9 g/mol. The summed E-state index contributed by atoms with van der Waals surface area (Å²) < 4.78 is 0. The second kappa shape index (κ2) is 4.94. The van der Waals surface area contributed by atoms with Gasteiger partial charge in [0.15, 0.2) is 0 Å². The third kappa shape index (κ3) is 3.94. The molecule has 0 aliphatic heterocycles. The van der Waals surface area contributed by atoms with E-state index in [0.29, 0.717) is 14.1 Å². The number of hydrogen-bond acceptors (Lipinski definition) is 3. The summed E-state index contributed by atoms with van der Waals surface area (Å²) in [6, 6.07) is 0. The molecule has 6 heavy (non-hydrogen) atoms. The molecule has 3 nitrogen and oxygen atoms in total. The summed E-state index contributed by atoms with van der Waals surface area (Å²) in [5.41, 5.74) is 10.1. The van der Waals surface area contributed by atoms with Crippen LogP contribution in [0, 0.1) is 0 Å². The van der Waals surface area contributed by atoms with Crippen LogP contribution >= 0.6 is 0 Å². The summed E-state index contributed by atoms with van der Waals surface area (Å²) in [6.07, 6.45) is 0. The van der Waals surface area contributed by atoms with Crippen LogP contribution < -0.4 is 16.6 Å². The molecule has 0 saturated carbocycles. The molecule has 0 aromatic rings. The smallest absolute Gasteiger partial charge is 0.283 e. The van der Waals surface area contributed by atoms with E-state index in [1.807, 2.05) is 0 Å². The molecule has 5 N–H and O–H groups in total. The summed E-state index contributed by atoms with van der Waals surface area (Å²) in [5, 5.41) is 2.85. The van der Waals surface area contributed by atoms with Crippen LogP contribution in [-0.2, 0) is 0 Å². The van der Waals surface area contributed by atoms with Gasteiger partial charge in [-0.15, -0.1) is 0 Å². The maximum Gasteiger partial charge on any atom is 0.283 e. The molecule has 0 atom stereocenters. The molecule has 0 amide bonds. The Morgan fingerprint density at radius 2 is 2.33 bits per heavy atom. The second-order valence-electron chi connectivity index (χ2n) is 0.993. The predicted octanol–water partition coefficient (Wildman–Crippen LogP) is -2.24. The zero-order valence-corrected chi connectivity index (χ0v) is 3.78. The maximum absolute atomic E-state index is 5.10. The number of rotatable bonds is 3. The van der Waals surface area contributed by atoms with E-state index in [2.05, 4.69) is 5.23 Å². The van der Waals surface area contributed by atoms with Gasteiger partial charge in [-0.2, -0.15) is 0 Å². The van der Waals surface area contributed by atoms with E-state index in [4.69, 9.17) is 11.4 Å². The second-order valence-corrected chi connectivity index (χ2v) is 0.993. The van der Waals surface area contributed by atoms with Crippen LogP contribution in [0.15, 0.2) is 0 Å². The van der Waals surface area contributed by atoms with E-state index < -0.39 is 0 Å². The van der Waals surface area contributed by atoms with Gasteiger partial charge in [-0.05, 0) is 6.54 Å². The zero-order chi connectivity index (χ0) is 4.83. The molecule has 0 aliphatic rings. The Kier molecular flexibility index (Phi) is 4.90. The lowest BCUT2D eigenvalue weighted by Crippen LogP contribution is -2.31. The average Bonchev–Trinajstić information content (AvgIpc) is 1.61. The van der Waals surface area contributed by atoms with Crippen LogP contribution in [0.5, 0.6) is 0 Å². The lowest BCUT2D eigenvalue weighted by Gasteiger charge is -1.90. The molecule has 0 aromatic carbocycles. The monoisotopic (exact) mass is 87.1 g/mol. The SMILES string of the molecule is NBNCCN. The van der Waals surface area contributed by atoms with Gasteiger partial charge >= 0.3 is 0 Å². The van der Waals surface area contributed by atoms with Crippen molar-refractivity contribution < 1.29 is 0 Å². The van der Waals surface area contributed by atoms with Crippen molar-refractivity contribution in [2.75, 3.05) is 13.1 Å². The Labute approximate surface area is 38.4 Å². The van der Waals surface area contributed by atoms with E-state index in [0.717, 1.165) is 6.54 Å². The molecule has 0 spiro atoms. The quantitative estimate of drug-likeness (QED) is 0.269. The van der Waals surface area contributed by atoms with Crippen LogP contribution in [0.3, 0.4) is 0 Å². The van der Waals surface area contributed by atoms with Crippen LogP contribution in [0.4, 0.5) is 0 Å². The predicted molar refractivity (Wildman–Crippen MR) is 28.4 cm³/mol. The minimum Gasteiger partial charge on any atom is -0.359 e. The van der Waals surface area contributed by atoms with E-state index in [9.17, 15) is 0 Å². The Morgan fingerprint density at radius 3 is 2.50 bits per heavy atom. The van der Waals surface area contributed by atoms with Gasteiger partial charge in [0, 0.05) is 6.54 Å². The summed E-state index contributed by atoms with van der Waals surface area (Å²) >= 11 is 0. The Hall–Kier alpha value is -0.0551. The van der Waals surface area contributed by atoms with Gasteiger partial charge in [-0.1, -0.05) is 0 Å². The van der Waals surface area contributed by atoms with Gasteiger partial charge in [-0.25, -0.2) is 0 Å². The standard InChI is InChI=1S/C2H10BN3/c4-1-2-6-3-5/h3,6H,1-2,4-5H2. The molecular formula is C2H10BN3. The lowest BCUT2D eigenvalue weighted by atomic mass is 10.2. The highest BCUT2D eigenvalue weighted by molar-refractivity contribution is 6.27. The van der Waals surface area contributed by atoms with Crippen LogP contribution in [0.25, 0.3) is 0 Å². The summed E-state index contributed by atoms with van der Waals surface area (Å²) in [5.74, 6) is 0. The van der Waals surface area contributed by atoms with Crippen molar-refractivity contribution in [2.45, 2.75) is 0 Å². The third-order valence-electron chi connectivity index (χ3n) is 0.465. The first-order chi connectivity index (χ1) is 2.91. The van der Waals surface area contributed by atoms with Crippen molar-refractivity contribution >= 4 is 7.55 Å². The van der Waals surface area contributed by atoms with E-state index in [1.165, 1.54) is 0 Å². The summed E-state index contributed by atoms with van der Waals surface area (Å²) in [7, 11) is 0.525. The first-order valence-corrected chi connectivity index (χ1v) is 2.02. The minimum atomic E-state index is 0.525. The van der Waals surface area contributed by atoms with Gasteiger partial charge < -0.3 is 16.6 Å². The molecule has 0 bridgehead atoms. The lowest BCUT2D eigenvalue weighted by molar-refractivity contribution is 0.897. The fourth-order valence-electron chi connectivity index (χ4n) is 0.204. The molecule has 0 rings (SSSR count). The molecule has 0 unspecified atom stereocenters. The maximum atomic E-state index is 5.10. The molecule has 36 valence electrons. The first-order valence-electron chi connectivity index (χ1n) is 2.02. The third-order valence-corrected chi connectivity index (χ3v) is 0.465. The van der Waals surface area contributed by atoms with Crippen molar-refractivity contribution in [3.63, 3.8) is 0 Å². The largest absolute Gasteiger partial charge is 0.359 e.